The molecule has 0 amide bonds. The van der Waals surface area contributed by atoms with Crippen LogP contribution in [0.2, 0.25) is 0 Å². The molecule has 7 nitrogen and oxygen atoms in total. The maximum atomic E-state index is 11.9. The first kappa shape index (κ1) is 27.5. The molecule has 6 rings (SSSR count). The molecule has 4 aromatic heterocycles. The standard InChI is InChI=1S/C32H42N4O3S/c1-21(2)29-30(26-19-36(15-17-40(3,37)38)32-25(26)7-4-14-33-32)35-28-13-12-27(34-31(28)29)24-10-8-22(9-11-24)18-23-6-5-16-39-20-23/h4,7,12-14,19,21-24,35H,5-6,8-11,15-18,20H2,1-3H3. The fraction of sp³-hybridized carbons (Fsp3) is 0.562. The van der Waals surface area contributed by atoms with Gasteiger partial charge in [0, 0.05) is 66.5 Å². The molecule has 0 spiro atoms. The first-order valence-corrected chi connectivity index (χ1v) is 17.0. The number of fused-ring (bicyclic) bond motifs is 2. The van der Waals surface area contributed by atoms with E-state index in [1.54, 1.807) is 6.20 Å². The van der Waals surface area contributed by atoms with Crippen LogP contribution in [0.25, 0.3) is 33.3 Å². The first-order chi connectivity index (χ1) is 19.3. The highest BCUT2D eigenvalue weighted by atomic mass is 32.2. The molecule has 4 aromatic rings. The molecule has 5 heterocycles. The fourth-order valence-corrected chi connectivity index (χ4v) is 7.55. The summed E-state index contributed by atoms with van der Waals surface area (Å²) in [6, 6.07) is 8.45. The molecule has 0 radical (unpaired) electrons. The molecule has 1 saturated heterocycles. The second-order valence-corrected chi connectivity index (χ2v) is 14.7. The van der Waals surface area contributed by atoms with Crippen LogP contribution in [0, 0.1) is 11.8 Å². The van der Waals surface area contributed by atoms with Gasteiger partial charge in [-0.15, -0.1) is 0 Å². The molecule has 1 saturated carbocycles. The molecule has 2 aliphatic rings. The Kier molecular flexibility index (Phi) is 7.75. The summed E-state index contributed by atoms with van der Waals surface area (Å²) in [6.07, 6.45) is 14.0. The summed E-state index contributed by atoms with van der Waals surface area (Å²) in [4.78, 5) is 13.6. The third-order valence-electron chi connectivity index (χ3n) is 9.07. The summed E-state index contributed by atoms with van der Waals surface area (Å²) in [5.41, 5.74) is 7.46. The van der Waals surface area contributed by atoms with Crippen molar-refractivity contribution in [2.24, 2.45) is 11.8 Å². The monoisotopic (exact) mass is 562 g/mol. The van der Waals surface area contributed by atoms with Crippen LogP contribution in [0.5, 0.6) is 0 Å². The van der Waals surface area contributed by atoms with Crippen LogP contribution in [0.4, 0.5) is 0 Å². The molecule has 0 bridgehead atoms. The van der Waals surface area contributed by atoms with Gasteiger partial charge in [-0.1, -0.05) is 13.8 Å². The Morgan fingerprint density at radius 1 is 1.10 bits per heavy atom. The fourth-order valence-electron chi connectivity index (χ4n) is 7.02. The van der Waals surface area contributed by atoms with Gasteiger partial charge in [-0.25, -0.2) is 13.4 Å². The summed E-state index contributed by atoms with van der Waals surface area (Å²) >= 11 is 0. The van der Waals surface area contributed by atoms with E-state index < -0.39 is 9.84 Å². The summed E-state index contributed by atoms with van der Waals surface area (Å²) in [6.45, 7) is 6.73. The van der Waals surface area contributed by atoms with Crippen molar-refractivity contribution in [2.45, 2.75) is 77.2 Å². The topological polar surface area (TPSA) is 89.9 Å². The highest BCUT2D eigenvalue weighted by Gasteiger charge is 2.28. The number of nitrogens with zero attached hydrogens (tertiary/aromatic N) is 3. The Labute approximate surface area is 237 Å². The van der Waals surface area contributed by atoms with E-state index in [1.807, 2.05) is 10.6 Å². The summed E-state index contributed by atoms with van der Waals surface area (Å²) in [5, 5.41) is 1.02. The van der Waals surface area contributed by atoms with Gasteiger partial charge in [-0.2, -0.15) is 0 Å². The summed E-state index contributed by atoms with van der Waals surface area (Å²) in [5.74, 6) is 2.45. The average molecular weight is 563 g/mol. The molecule has 2 fully saturated rings. The molecule has 1 atom stereocenters. The van der Waals surface area contributed by atoms with Gasteiger partial charge in [-0.3, -0.25) is 4.98 Å². The van der Waals surface area contributed by atoms with Crippen molar-refractivity contribution in [3.8, 4) is 11.3 Å². The first-order valence-electron chi connectivity index (χ1n) is 15.0. The van der Waals surface area contributed by atoms with Gasteiger partial charge in [0.1, 0.15) is 15.5 Å². The third-order valence-corrected chi connectivity index (χ3v) is 9.99. The lowest BCUT2D eigenvalue weighted by Gasteiger charge is -2.32. The lowest BCUT2D eigenvalue weighted by Crippen LogP contribution is -2.22. The smallest absolute Gasteiger partial charge is 0.149 e. The lowest BCUT2D eigenvalue weighted by molar-refractivity contribution is 0.0419. The number of hydrogen-bond donors (Lipinski definition) is 1. The number of sulfone groups is 1. The minimum atomic E-state index is -3.09. The van der Waals surface area contributed by atoms with E-state index in [0.717, 1.165) is 58.4 Å². The SMILES string of the molecule is CC(C)c1c(-c2cn(CCS(C)(=O)=O)c3ncccc23)[nH]c2ccc(C3CCC(CC4CCCOC4)CC3)nc12. The van der Waals surface area contributed by atoms with Gasteiger partial charge in [0.15, 0.2) is 0 Å². The van der Waals surface area contributed by atoms with E-state index in [1.165, 1.54) is 62.5 Å². The van der Waals surface area contributed by atoms with Gasteiger partial charge >= 0.3 is 0 Å². The van der Waals surface area contributed by atoms with Crippen LogP contribution in [-0.4, -0.2) is 53.2 Å². The molecule has 1 aliphatic heterocycles. The van der Waals surface area contributed by atoms with Gasteiger partial charge in [0.2, 0.25) is 0 Å². The van der Waals surface area contributed by atoms with Crippen LogP contribution >= 0.6 is 0 Å². The molecule has 40 heavy (non-hydrogen) atoms. The number of pyridine rings is 2. The molecule has 1 aliphatic carbocycles. The maximum absolute atomic E-state index is 11.9. The number of hydrogen-bond acceptors (Lipinski definition) is 5. The molecule has 8 heteroatoms. The number of H-pyrrole nitrogens is 1. The van der Waals surface area contributed by atoms with Crippen molar-refractivity contribution in [1.82, 2.24) is 19.5 Å². The van der Waals surface area contributed by atoms with E-state index >= 15 is 0 Å². The van der Waals surface area contributed by atoms with Crippen molar-refractivity contribution in [3.05, 3.63) is 47.9 Å². The Morgan fingerprint density at radius 3 is 2.65 bits per heavy atom. The number of nitrogens with one attached hydrogen (secondary N) is 1. The van der Waals surface area contributed by atoms with Gasteiger partial charge in [-0.05, 0) is 87.0 Å². The van der Waals surface area contributed by atoms with Crippen LogP contribution in [0.3, 0.4) is 0 Å². The van der Waals surface area contributed by atoms with Crippen molar-refractivity contribution in [2.75, 3.05) is 25.2 Å². The largest absolute Gasteiger partial charge is 0.381 e. The quantitative estimate of drug-likeness (QED) is 0.254. The normalized spacial score (nSPS) is 22.4. The Bertz CT molecular complexity index is 1590. The van der Waals surface area contributed by atoms with Gasteiger partial charge in [0.25, 0.3) is 0 Å². The number of aromatic amines is 1. The van der Waals surface area contributed by atoms with Crippen LogP contribution < -0.4 is 0 Å². The van der Waals surface area contributed by atoms with E-state index in [4.69, 9.17) is 9.72 Å². The summed E-state index contributed by atoms with van der Waals surface area (Å²) in [7, 11) is -3.09. The average Bonchev–Trinajstić information content (AvgIpc) is 3.51. The van der Waals surface area contributed by atoms with Crippen molar-refractivity contribution in [1.29, 1.82) is 0 Å². The minimum absolute atomic E-state index is 0.0815. The number of rotatable bonds is 8. The molecule has 1 N–H and O–H groups in total. The van der Waals surface area contributed by atoms with E-state index in [0.29, 0.717) is 12.5 Å². The van der Waals surface area contributed by atoms with E-state index in [9.17, 15) is 8.42 Å². The Morgan fingerprint density at radius 2 is 1.93 bits per heavy atom. The number of aryl methyl sites for hydroxylation is 1. The Balaban J connectivity index is 1.29. The minimum Gasteiger partial charge on any atom is -0.381 e. The zero-order valence-corrected chi connectivity index (χ0v) is 24.8. The Hall–Kier alpha value is -2.71. The van der Waals surface area contributed by atoms with Gasteiger partial charge in [0.05, 0.1) is 22.5 Å². The van der Waals surface area contributed by atoms with Crippen molar-refractivity contribution < 1.29 is 13.2 Å². The lowest BCUT2D eigenvalue weighted by atomic mass is 9.76. The second-order valence-electron chi connectivity index (χ2n) is 12.5. The molecule has 0 aromatic carbocycles. The molecular weight excluding hydrogens is 520 g/mol. The number of aromatic nitrogens is 4. The molecular formula is C32H42N4O3S. The van der Waals surface area contributed by atoms with Crippen LogP contribution in [0.15, 0.2) is 36.7 Å². The predicted molar refractivity (Wildman–Crippen MR) is 161 cm³/mol. The van der Waals surface area contributed by atoms with Gasteiger partial charge < -0.3 is 14.3 Å². The van der Waals surface area contributed by atoms with Crippen LogP contribution in [-0.2, 0) is 21.1 Å². The highest BCUT2D eigenvalue weighted by molar-refractivity contribution is 7.90. The maximum Gasteiger partial charge on any atom is 0.149 e. The zero-order valence-electron chi connectivity index (χ0n) is 24.0. The van der Waals surface area contributed by atoms with E-state index in [-0.39, 0.29) is 11.7 Å². The van der Waals surface area contributed by atoms with E-state index in [2.05, 4.69) is 48.2 Å². The molecule has 1 unspecified atom stereocenters. The van der Waals surface area contributed by atoms with Crippen LogP contribution in [0.1, 0.15) is 81.9 Å². The zero-order chi connectivity index (χ0) is 27.9. The van der Waals surface area contributed by atoms with Crippen molar-refractivity contribution >= 4 is 31.9 Å². The predicted octanol–water partition coefficient (Wildman–Crippen LogP) is 6.84. The van der Waals surface area contributed by atoms with Crippen molar-refractivity contribution in [3.63, 3.8) is 0 Å². The second kappa shape index (κ2) is 11.3. The highest BCUT2D eigenvalue weighted by Crippen LogP contribution is 2.42. The third kappa shape index (κ3) is 5.70. The molecule has 214 valence electrons. The summed E-state index contributed by atoms with van der Waals surface area (Å²) < 4.78 is 31.5. The number of ether oxygens (including phenoxy) is 1.